The molecule has 0 saturated carbocycles. The molecule has 0 fully saturated rings. The Morgan fingerprint density at radius 1 is 0.656 bits per heavy atom. The van der Waals surface area contributed by atoms with Gasteiger partial charge in [-0.15, -0.1) is 0 Å². The highest BCUT2D eigenvalue weighted by Gasteiger charge is 2.01. The standard InChI is InChI=1S/C26H22F2N2O2/c27-23-10-4-19(5-11-23)8-14-25(31)29-17-21-2-1-3-22(16-21)18-30-26(32)15-9-20-6-12-24(28)13-7-20/h1-16H,17-18H2,(H,29,31)(H,30,32). The van der Waals surface area contributed by atoms with Gasteiger partial charge < -0.3 is 10.6 Å². The van der Waals surface area contributed by atoms with Gasteiger partial charge in [0.1, 0.15) is 11.6 Å². The van der Waals surface area contributed by atoms with E-state index in [-0.39, 0.29) is 23.4 Å². The number of carbonyl (C=O) groups excluding carboxylic acids is 2. The van der Waals surface area contributed by atoms with E-state index < -0.39 is 0 Å². The number of hydrogen-bond donors (Lipinski definition) is 2. The van der Waals surface area contributed by atoms with Crippen LogP contribution in [-0.2, 0) is 22.7 Å². The fourth-order valence-electron chi connectivity index (χ4n) is 2.84. The molecule has 2 N–H and O–H groups in total. The Morgan fingerprint density at radius 2 is 1.06 bits per heavy atom. The molecule has 2 amide bonds. The van der Waals surface area contributed by atoms with Gasteiger partial charge in [0, 0.05) is 25.2 Å². The molecule has 3 aromatic carbocycles. The number of rotatable bonds is 8. The second kappa shape index (κ2) is 11.4. The third-order valence-corrected chi connectivity index (χ3v) is 4.52. The first-order chi connectivity index (χ1) is 15.5. The van der Waals surface area contributed by atoms with E-state index in [2.05, 4.69) is 10.6 Å². The largest absolute Gasteiger partial charge is 0.348 e. The zero-order valence-electron chi connectivity index (χ0n) is 17.2. The van der Waals surface area contributed by atoms with Crippen LogP contribution in [-0.4, -0.2) is 11.8 Å². The maximum Gasteiger partial charge on any atom is 0.244 e. The normalized spacial score (nSPS) is 11.1. The minimum atomic E-state index is -0.327. The summed E-state index contributed by atoms with van der Waals surface area (Å²) in [7, 11) is 0. The summed E-state index contributed by atoms with van der Waals surface area (Å²) >= 11 is 0. The maximum absolute atomic E-state index is 12.9. The predicted molar refractivity (Wildman–Crippen MR) is 121 cm³/mol. The van der Waals surface area contributed by atoms with Crippen LogP contribution in [0.2, 0.25) is 0 Å². The van der Waals surface area contributed by atoms with Crippen LogP contribution in [0.5, 0.6) is 0 Å². The maximum atomic E-state index is 12.9. The fraction of sp³-hybridized carbons (Fsp3) is 0.0769. The molecule has 0 aliphatic carbocycles. The molecule has 0 aliphatic rings. The molecule has 0 saturated heterocycles. The van der Waals surface area contributed by atoms with E-state index in [1.807, 2.05) is 24.3 Å². The SMILES string of the molecule is O=C(C=Cc1ccc(F)cc1)NCc1cccc(CNC(=O)C=Cc2ccc(F)cc2)c1. The Kier molecular flexibility index (Phi) is 8.03. The molecule has 0 aromatic heterocycles. The van der Waals surface area contributed by atoms with Gasteiger partial charge in [-0.2, -0.15) is 0 Å². The molecule has 32 heavy (non-hydrogen) atoms. The van der Waals surface area contributed by atoms with Gasteiger partial charge in [-0.3, -0.25) is 9.59 Å². The number of carbonyl (C=O) groups is 2. The molecule has 0 spiro atoms. The minimum Gasteiger partial charge on any atom is -0.348 e. The first kappa shape index (κ1) is 22.6. The van der Waals surface area contributed by atoms with E-state index in [9.17, 15) is 18.4 Å². The third-order valence-electron chi connectivity index (χ3n) is 4.52. The number of halogens is 2. The van der Waals surface area contributed by atoms with Crippen LogP contribution in [0.1, 0.15) is 22.3 Å². The number of hydrogen-bond acceptors (Lipinski definition) is 2. The molecule has 0 radical (unpaired) electrons. The van der Waals surface area contributed by atoms with Crippen molar-refractivity contribution in [2.75, 3.05) is 0 Å². The molecular weight excluding hydrogens is 410 g/mol. The van der Waals surface area contributed by atoms with E-state index in [1.54, 1.807) is 36.4 Å². The van der Waals surface area contributed by atoms with Gasteiger partial charge in [0.2, 0.25) is 11.8 Å². The van der Waals surface area contributed by atoms with Crippen LogP contribution < -0.4 is 10.6 Å². The summed E-state index contributed by atoms with van der Waals surface area (Å²) in [5.74, 6) is -1.18. The van der Waals surface area contributed by atoms with Crippen molar-refractivity contribution >= 4 is 24.0 Å². The van der Waals surface area contributed by atoms with E-state index >= 15 is 0 Å². The Morgan fingerprint density at radius 3 is 1.47 bits per heavy atom. The highest BCUT2D eigenvalue weighted by atomic mass is 19.1. The smallest absolute Gasteiger partial charge is 0.244 e. The van der Waals surface area contributed by atoms with Crippen molar-refractivity contribution < 1.29 is 18.4 Å². The average molecular weight is 432 g/mol. The van der Waals surface area contributed by atoms with Crippen LogP contribution >= 0.6 is 0 Å². The van der Waals surface area contributed by atoms with Gasteiger partial charge in [0.25, 0.3) is 0 Å². The second-order valence-electron chi connectivity index (χ2n) is 7.03. The Bertz CT molecular complexity index is 1030. The topological polar surface area (TPSA) is 58.2 Å². The van der Waals surface area contributed by atoms with Crippen molar-refractivity contribution in [3.8, 4) is 0 Å². The summed E-state index contributed by atoms with van der Waals surface area (Å²) in [6.45, 7) is 0.664. The first-order valence-electron chi connectivity index (χ1n) is 9.99. The predicted octanol–water partition coefficient (Wildman–Crippen LogP) is 4.62. The Labute approximate surface area is 185 Å². The molecule has 0 unspecified atom stereocenters. The summed E-state index contributed by atoms with van der Waals surface area (Å²) < 4.78 is 25.8. The van der Waals surface area contributed by atoms with Gasteiger partial charge in [0.15, 0.2) is 0 Å². The van der Waals surface area contributed by atoms with Crippen LogP contribution in [0.4, 0.5) is 8.78 Å². The summed E-state index contributed by atoms with van der Waals surface area (Å²) in [6, 6.07) is 19.2. The molecule has 3 aromatic rings. The summed E-state index contributed by atoms with van der Waals surface area (Å²) in [4.78, 5) is 24.0. The molecule has 0 bridgehead atoms. The molecule has 0 heterocycles. The lowest BCUT2D eigenvalue weighted by molar-refractivity contribution is -0.117. The summed E-state index contributed by atoms with van der Waals surface area (Å²) in [5, 5.41) is 5.58. The van der Waals surface area contributed by atoms with E-state index in [0.29, 0.717) is 13.1 Å². The lowest BCUT2D eigenvalue weighted by atomic mass is 10.1. The molecular formula is C26H22F2N2O2. The van der Waals surface area contributed by atoms with Gasteiger partial charge in [0.05, 0.1) is 0 Å². The zero-order chi connectivity index (χ0) is 22.8. The fourth-order valence-corrected chi connectivity index (χ4v) is 2.84. The molecule has 6 heteroatoms. The number of benzene rings is 3. The average Bonchev–Trinajstić information content (AvgIpc) is 2.81. The Balaban J connectivity index is 1.46. The lowest BCUT2D eigenvalue weighted by Gasteiger charge is -2.07. The van der Waals surface area contributed by atoms with Gasteiger partial charge in [-0.25, -0.2) is 8.78 Å². The number of nitrogens with one attached hydrogen (secondary N) is 2. The third kappa shape index (κ3) is 7.65. The van der Waals surface area contributed by atoms with Crippen molar-refractivity contribution in [2.45, 2.75) is 13.1 Å². The molecule has 0 atom stereocenters. The first-order valence-corrected chi connectivity index (χ1v) is 9.99. The highest BCUT2D eigenvalue weighted by molar-refractivity contribution is 5.92. The van der Waals surface area contributed by atoms with Crippen LogP contribution in [0, 0.1) is 11.6 Å². The molecule has 3 rings (SSSR count). The van der Waals surface area contributed by atoms with Crippen molar-refractivity contribution in [1.29, 1.82) is 0 Å². The van der Waals surface area contributed by atoms with Crippen LogP contribution in [0.25, 0.3) is 12.2 Å². The highest BCUT2D eigenvalue weighted by Crippen LogP contribution is 2.07. The van der Waals surface area contributed by atoms with E-state index in [0.717, 1.165) is 22.3 Å². The minimum absolute atomic E-state index is 0.265. The Hall–Kier alpha value is -4.06. The molecule has 4 nitrogen and oxygen atoms in total. The number of amides is 2. The zero-order valence-corrected chi connectivity index (χ0v) is 17.2. The lowest BCUT2D eigenvalue weighted by Crippen LogP contribution is -2.21. The van der Waals surface area contributed by atoms with E-state index in [1.165, 1.54) is 36.4 Å². The molecule has 0 aliphatic heterocycles. The van der Waals surface area contributed by atoms with Crippen molar-refractivity contribution in [1.82, 2.24) is 10.6 Å². The molecule has 162 valence electrons. The van der Waals surface area contributed by atoms with Crippen molar-refractivity contribution in [3.05, 3.63) is 119 Å². The van der Waals surface area contributed by atoms with Crippen molar-refractivity contribution in [3.63, 3.8) is 0 Å². The van der Waals surface area contributed by atoms with Gasteiger partial charge in [-0.05, 0) is 58.7 Å². The summed E-state index contributed by atoms with van der Waals surface area (Å²) in [5.41, 5.74) is 3.24. The van der Waals surface area contributed by atoms with Gasteiger partial charge in [-0.1, -0.05) is 48.5 Å². The quantitative estimate of drug-likeness (QED) is 0.510. The van der Waals surface area contributed by atoms with Crippen LogP contribution in [0.3, 0.4) is 0 Å². The van der Waals surface area contributed by atoms with Crippen molar-refractivity contribution in [2.24, 2.45) is 0 Å². The second-order valence-corrected chi connectivity index (χ2v) is 7.03. The van der Waals surface area contributed by atoms with Gasteiger partial charge >= 0.3 is 0 Å². The monoisotopic (exact) mass is 432 g/mol. The van der Waals surface area contributed by atoms with Crippen LogP contribution in [0.15, 0.2) is 84.9 Å². The summed E-state index contributed by atoms with van der Waals surface area (Å²) in [6.07, 6.45) is 6.01. The van der Waals surface area contributed by atoms with E-state index in [4.69, 9.17) is 0 Å².